The highest BCUT2D eigenvalue weighted by Gasteiger charge is 2.28. The number of carbonyl (C=O) groups is 1. The lowest BCUT2D eigenvalue weighted by atomic mass is 10.1. The maximum atomic E-state index is 12.6. The van der Waals surface area contributed by atoms with Crippen LogP contribution >= 0.6 is 12.4 Å². The lowest BCUT2D eigenvalue weighted by molar-refractivity contribution is -0.131. The zero-order valence-electron chi connectivity index (χ0n) is 15.0. The molecule has 0 atom stereocenters. The Hall–Kier alpha value is -2.09. The third-order valence-corrected chi connectivity index (χ3v) is 6.36. The van der Waals surface area contributed by atoms with Crippen molar-refractivity contribution < 1.29 is 13.2 Å². The molecule has 2 aromatic carbocycles. The van der Waals surface area contributed by atoms with Crippen molar-refractivity contribution in [3.8, 4) is 0 Å². The molecule has 1 fully saturated rings. The van der Waals surface area contributed by atoms with Gasteiger partial charge in [-0.1, -0.05) is 42.5 Å². The van der Waals surface area contributed by atoms with Gasteiger partial charge >= 0.3 is 0 Å². The Balaban J connectivity index is 0.00000261. The molecule has 1 saturated heterocycles. The highest BCUT2D eigenvalue weighted by Crippen LogP contribution is 2.15. The smallest absolute Gasteiger partial charge is 0.227 e. The number of hydrogen-bond acceptors (Lipinski definition) is 4. The number of piperazine rings is 1. The molecule has 1 amide bonds. The number of anilines is 1. The predicted octanol–water partition coefficient (Wildman–Crippen LogP) is 1.91. The summed E-state index contributed by atoms with van der Waals surface area (Å²) in [7, 11) is -3.37. The van der Waals surface area contributed by atoms with E-state index in [4.69, 9.17) is 5.73 Å². The molecule has 1 heterocycles. The number of carbonyl (C=O) groups excluding carboxylic acids is 1. The molecule has 1 aliphatic heterocycles. The zero-order chi connectivity index (χ0) is 18.6. The van der Waals surface area contributed by atoms with Crippen LogP contribution in [0.4, 0.5) is 5.69 Å². The maximum absolute atomic E-state index is 12.6. The van der Waals surface area contributed by atoms with E-state index in [0.29, 0.717) is 38.3 Å². The van der Waals surface area contributed by atoms with Gasteiger partial charge in [0.2, 0.25) is 15.9 Å². The average Bonchev–Trinajstić information content (AvgIpc) is 2.64. The van der Waals surface area contributed by atoms with Crippen LogP contribution in [-0.4, -0.2) is 49.7 Å². The number of benzene rings is 2. The first-order chi connectivity index (χ1) is 12.4. The fraction of sp³-hybridized carbons (Fsp3) is 0.316. The molecule has 0 radical (unpaired) electrons. The van der Waals surface area contributed by atoms with E-state index in [1.807, 2.05) is 42.5 Å². The molecule has 6 nitrogen and oxygen atoms in total. The van der Waals surface area contributed by atoms with Gasteiger partial charge in [0.25, 0.3) is 0 Å². The van der Waals surface area contributed by atoms with E-state index in [9.17, 15) is 13.2 Å². The minimum absolute atomic E-state index is 0. The van der Waals surface area contributed by atoms with E-state index in [2.05, 4.69) is 0 Å². The van der Waals surface area contributed by atoms with Crippen LogP contribution in [-0.2, 0) is 27.0 Å². The fourth-order valence-corrected chi connectivity index (χ4v) is 4.53. The van der Waals surface area contributed by atoms with Crippen molar-refractivity contribution in [2.45, 2.75) is 12.2 Å². The summed E-state index contributed by atoms with van der Waals surface area (Å²) >= 11 is 0. The van der Waals surface area contributed by atoms with Crippen molar-refractivity contribution >= 4 is 34.0 Å². The number of hydrogen-bond donors (Lipinski definition) is 1. The number of sulfonamides is 1. The Morgan fingerprint density at radius 1 is 0.889 bits per heavy atom. The van der Waals surface area contributed by atoms with Gasteiger partial charge in [-0.2, -0.15) is 4.31 Å². The van der Waals surface area contributed by atoms with Gasteiger partial charge in [-0.05, 0) is 23.3 Å². The Morgan fingerprint density at radius 3 is 2.07 bits per heavy atom. The van der Waals surface area contributed by atoms with Gasteiger partial charge in [-0.3, -0.25) is 4.79 Å². The largest absolute Gasteiger partial charge is 0.399 e. The van der Waals surface area contributed by atoms with E-state index in [1.54, 1.807) is 17.0 Å². The van der Waals surface area contributed by atoms with Crippen LogP contribution in [0.2, 0.25) is 0 Å². The van der Waals surface area contributed by atoms with Gasteiger partial charge in [0.15, 0.2) is 0 Å². The van der Waals surface area contributed by atoms with Gasteiger partial charge in [0.05, 0.1) is 12.2 Å². The summed E-state index contributed by atoms with van der Waals surface area (Å²) in [5.41, 5.74) is 8.00. The number of nitrogens with zero attached hydrogens (tertiary/aromatic N) is 2. The number of amides is 1. The van der Waals surface area contributed by atoms with E-state index in [1.165, 1.54) is 4.31 Å². The van der Waals surface area contributed by atoms with Crippen LogP contribution in [0.3, 0.4) is 0 Å². The molecule has 0 aliphatic carbocycles. The number of rotatable bonds is 5. The van der Waals surface area contributed by atoms with Crippen molar-refractivity contribution in [1.82, 2.24) is 9.21 Å². The average molecular weight is 410 g/mol. The monoisotopic (exact) mass is 409 g/mol. The summed E-state index contributed by atoms with van der Waals surface area (Å²) in [6.45, 7) is 1.51. The standard InChI is InChI=1S/C19H23N3O3S.ClH/c20-18-8-6-16(7-9-18)14-19(23)21-10-12-22(13-11-21)26(24,25)15-17-4-2-1-3-5-17;/h1-9H,10-15,20H2;1H. The van der Waals surface area contributed by atoms with Crippen molar-refractivity contribution in [3.05, 3.63) is 65.7 Å². The highest BCUT2D eigenvalue weighted by atomic mass is 35.5. The maximum Gasteiger partial charge on any atom is 0.227 e. The van der Waals surface area contributed by atoms with Gasteiger partial charge in [0.1, 0.15) is 0 Å². The molecular weight excluding hydrogens is 386 g/mol. The molecule has 2 N–H and O–H groups in total. The molecule has 1 aliphatic rings. The lowest BCUT2D eigenvalue weighted by Crippen LogP contribution is -2.51. The summed E-state index contributed by atoms with van der Waals surface area (Å²) in [6.07, 6.45) is 0.303. The normalized spacial score (nSPS) is 15.2. The summed E-state index contributed by atoms with van der Waals surface area (Å²) < 4.78 is 26.6. The van der Waals surface area contributed by atoms with Crippen LogP contribution < -0.4 is 5.73 Å². The van der Waals surface area contributed by atoms with Gasteiger partial charge in [0, 0.05) is 31.9 Å². The highest BCUT2D eigenvalue weighted by molar-refractivity contribution is 7.88. The first kappa shape index (κ1) is 21.2. The molecule has 2 aromatic rings. The van der Waals surface area contributed by atoms with Crippen LogP contribution in [0.25, 0.3) is 0 Å². The summed E-state index contributed by atoms with van der Waals surface area (Å²) in [5, 5.41) is 0. The minimum Gasteiger partial charge on any atom is -0.399 e. The second-order valence-electron chi connectivity index (χ2n) is 6.44. The molecule has 0 spiro atoms. The van der Waals surface area contributed by atoms with Gasteiger partial charge in [-0.25, -0.2) is 8.42 Å². The van der Waals surface area contributed by atoms with Crippen LogP contribution in [0.1, 0.15) is 11.1 Å². The second kappa shape index (κ2) is 9.21. The molecular formula is C19H24ClN3O3S. The van der Waals surface area contributed by atoms with E-state index < -0.39 is 10.0 Å². The number of halogens is 1. The molecule has 8 heteroatoms. The Kier molecular flexibility index (Phi) is 7.24. The van der Waals surface area contributed by atoms with Crippen molar-refractivity contribution in [3.63, 3.8) is 0 Å². The van der Waals surface area contributed by atoms with E-state index in [0.717, 1.165) is 11.1 Å². The van der Waals surface area contributed by atoms with Gasteiger partial charge < -0.3 is 10.6 Å². The molecule has 3 rings (SSSR count). The molecule has 0 bridgehead atoms. The van der Waals surface area contributed by atoms with Crippen molar-refractivity contribution in [2.24, 2.45) is 0 Å². The summed E-state index contributed by atoms with van der Waals surface area (Å²) in [6, 6.07) is 16.4. The van der Waals surface area contributed by atoms with Crippen LogP contribution in [0.15, 0.2) is 54.6 Å². The van der Waals surface area contributed by atoms with Gasteiger partial charge in [-0.15, -0.1) is 12.4 Å². The number of nitrogens with two attached hydrogens (primary N) is 1. The molecule has 0 unspecified atom stereocenters. The van der Waals surface area contributed by atoms with Crippen LogP contribution in [0, 0.1) is 0 Å². The second-order valence-corrected chi connectivity index (χ2v) is 8.41. The lowest BCUT2D eigenvalue weighted by Gasteiger charge is -2.34. The van der Waals surface area contributed by atoms with Crippen molar-refractivity contribution in [1.29, 1.82) is 0 Å². The fourth-order valence-electron chi connectivity index (χ4n) is 3.01. The first-order valence-electron chi connectivity index (χ1n) is 8.58. The number of nitrogen functional groups attached to an aromatic ring is 1. The van der Waals surface area contributed by atoms with Crippen molar-refractivity contribution in [2.75, 3.05) is 31.9 Å². The first-order valence-corrected chi connectivity index (χ1v) is 10.2. The Bertz CT molecular complexity index is 850. The molecule has 0 aromatic heterocycles. The quantitative estimate of drug-likeness (QED) is 0.764. The third-order valence-electron chi connectivity index (χ3n) is 4.51. The molecule has 27 heavy (non-hydrogen) atoms. The Morgan fingerprint density at radius 2 is 1.48 bits per heavy atom. The topological polar surface area (TPSA) is 83.7 Å². The Labute approximate surface area is 166 Å². The van der Waals surface area contributed by atoms with E-state index in [-0.39, 0.29) is 24.1 Å². The van der Waals surface area contributed by atoms with E-state index >= 15 is 0 Å². The minimum atomic E-state index is -3.37. The SMILES string of the molecule is Cl.Nc1ccc(CC(=O)N2CCN(S(=O)(=O)Cc3ccccc3)CC2)cc1. The summed E-state index contributed by atoms with van der Waals surface area (Å²) in [4.78, 5) is 14.2. The zero-order valence-corrected chi connectivity index (χ0v) is 16.6. The molecule has 0 saturated carbocycles. The predicted molar refractivity (Wildman–Crippen MR) is 109 cm³/mol. The third kappa shape index (κ3) is 5.69. The van der Waals surface area contributed by atoms with Crippen LogP contribution in [0.5, 0.6) is 0 Å². The summed E-state index contributed by atoms with van der Waals surface area (Å²) in [5.74, 6) is 0.00242. The molecule has 146 valence electrons.